The molecular formula is C17H28IN3O3. The topological polar surface area (TPSA) is 78.1 Å². The zero-order valence-corrected chi connectivity index (χ0v) is 16.7. The van der Waals surface area contributed by atoms with Gasteiger partial charge in [0.05, 0.1) is 19.3 Å². The summed E-state index contributed by atoms with van der Waals surface area (Å²) in [6.45, 7) is 5.18. The van der Waals surface area contributed by atoms with Gasteiger partial charge in [-0.25, -0.2) is 4.99 Å². The summed E-state index contributed by atoms with van der Waals surface area (Å²) in [5, 5.41) is 3.00. The normalized spacial score (nSPS) is 17.4. The summed E-state index contributed by atoms with van der Waals surface area (Å²) in [5.74, 6) is 1.27. The Kier molecular flexibility index (Phi) is 10.0. The number of benzene rings is 1. The summed E-state index contributed by atoms with van der Waals surface area (Å²) in [5.41, 5.74) is 8.02. The number of guanidine groups is 1. The zero-order valence-electron chi connectivity index (χ0n) is 14.4. The van der Waals surface area contributed by atoms with Crippen LogP contribution in [0.3, 0.4) is 0 Å². The molecule has 136 valence electrons. The molecule has 1 unspecified atom stereocenters. The third-order valence-corrected chi connectivity index (χ3v) is 3.70. The van der Waals surface area contributed by atoms with Crippen LogP contribution < -0.4 is 15.8 Å². The number of halogens is 1. The molecule has 7 heteroatoms. The molecule has 1 atom stereocenters. The first-order chi connectivity index (χ1) is 11.2. The van der Waals surface area contributed by atoms with Crippen LogP contribution in [0.4, 0.5) is 0 Å². The molecule has 0 spiro atoms. The standard InChI is InChI=1S/C17H27N3O3.HI/c1-13-5-6-14(11-20-17(18)19-7-9-21-2)16(10-13)23-12-15-4-3-8-22-15;/h5-6,10,15H,3-4,7-9,11-12H2,1-2H3,(H3,18,19,20);1H. The second kappa shape index (κ2) is 11.5. The third-order valence-electron chi connectivity index (χ3n) is 3.70. The lowest BCUT2D eigenvalue weighted by Crippen LogP contribution is -2.34. The number of aliphatic imine (C=N–C) groups is 1. The van der Waals surface area contributed by atoms with E-state index in [9.17, 15) is 0 Å². The molecule has 1 saturated heterocycles. The van der Waals surface area contributed by atoms with E-state index in [0.717, 1.165) is 36.3 Å². The van der Waals surface area contributed by atoms with Crippen LogP contribution in [0.1, 0.15) is 24.0 Å². The molecule has 0 saturated carbocycles. The van der Waals surface area contributed by atoms with Crippen molar-refractivity contribution in [1.82, 2.24) is 5.32 Å². The van der Waals surface area contributed by atoms with Gasteiger partial charge in [0.2, 0.25) is 0 Å². The summed E-state index contributed by atoms with van der Waals surface area (Å²) in [4.78, 5) is 4.35. The van der Waals surface area contributed by atoms with Gasteiger partial charge in [-0.3, -0.25) is 0 Å². The van der Waals surface area contributed by atoms with Crippen LogP contribution in [0.15, 0.2) is 23.2 Å². The van der Waals surface area contributed by atoms with E-state index in [1.54, 1.807) is 7.11 Å². The number of methoxy groups -OCH3 is 1. The number of hydrogen-bond acceptors (Lipinski definition) is 4. The summed E-state index contributed by atoms with van der Waals surface area (Å²) in [6, 6.07) is 6.12. The van der Waals surface area contributed by atoms with E-state index in [1.807, 2.05) is 19.1 Å². The number of nitrogens with two attached hydrogens (primary N) is 1. The van der Waals surface area contributed by atoms with E-state index in [-0.39, 0.29) is 30.1 Å². The highest BCUT2D eigenvalue weighted by atomic mass is 127. The number of nitrogens with one attached hydrogen (secondary N) is 1. The summed E-state index contributed by atoms with van der Waals surface area (Å²) in [6.07, 6.45) is 2.38. The molecule has 1 aliphatic heterocycles. The SMILES string of the molecule is COCCNC(N)=NCc1ccc(C)cc1OCC1CCCO1.I. The molecule has 1 aromatic rings. The molecule has 3 N–H and O–H groups in total. The van der Waals surface area contributed by atoms with E-state index in [1.165, 1.54) is 0 Å². The van der Waals surface area contributed by atoms with E-state index in [0.29, 0.717) is 32.3 Å². The second-order valence-corrected chi connectivity index (χ2v) is 5.68. The largest absolute Gasteiger partial charge is 0.491 e. The third kappa shape index (κ3) is 7.23. The molecular weight excluding hydrogens is 421 g/mol. The lowest BCUT2D eigenvalue weighted by molar-refractivity contribution is 0.0676. The molecule has 0 bridgehead atoms. The number of nitrogens with zero attached hydrogens (tertiary/aromatic N) is 1. The smallest absolute Gasteiger partial charge is 0.189 e. The van der Waals surface area contributed by atoms with Crippen LogP contribution >= 0.6 is 24.0 Å². The zero-order chi connectivity index (χ0) is 16.5. The number of rotatable bonds is 8. The quantitative estimate of drug-likeness (QED) is 0.276. The summed E-state index contributed by atoms with van der Waals surface area (Å²) < 4.78 is 16.5. The van der Waals surface area contributed by atoms with Crippen LogP contribution in [0, 0.1) is 6.92 Å². The van der Waals surface area contributed by atoms with Gasteiger partial charge >= 0.3 is 0 Å². The van der Waals surface area contributed by atoms with Gasteiger partial charge in [0.1, 0.15) is 12.4 Å². The van der Waals surface area contributed by atoms with Crippen molar-refractivity contribution in [3.63, 3.8) is 0 Å². The van der Waals surface area contributed by atoms with Gasteiger partial charge in [-0.15, -0.1) is 24.0 Å². The molecule has 1 heterocycles. The Balaban J connectivity index is 0.00000288. The molecule has 1 fully saturated rings. The molecule has 1 aliphatic rings. The van der Waals surface area contributed by atoms with Crippen molar-refractivity contribution in [3.8, 4) is 5.75 Å². The Morgan fingerprint density at radius 3 is 3.00 bits per heavy atom. The molecule has 6 nitrogen and oxygen atoms in total. The Labute approximate surface area is 161 Å². The molecule has 24 heavy (non-hydrogen) atoms. The average molecular weight is 449 g/mol. The van der Waals surface area contributed by atoms with Crippen molar-refractivity contribution in [3.05, 3.63) is 29.3 Å². The van der Waals surface area contributed by atoms with Crippen molar-refractivity contribution >= 4 is 29.9 Å². The van der Waals surface area contributed by atoms with Gasteiger partial charge in [0.15, 0.2) is 5.96 Å². The lowest BCUT2D eigenvalue weighted by Gasteiger charge is -2.15. The van der Waals surface area contributed by atoms with Crippen LogP contribution in [0.2, 0.25) is 0 Å². The van der Waals surface area contributed by atoms with E-state index in [2.05, 4.69) is 16.4 Å². The minimum absolute atomic E-state index is 0. The van der Waals surface area contributed by atoms with Gasteiger partial charge in [0, 0.05) is 25.8 Å². The van der Waals surface area contributed by atoms with Gasteiger partial charge in [0.25, 0.3) is 0 Å². The predicted octanol–water partition coefficient (Wildman–Crippen LogP) is 2.22. The van der Waals surface area contributed by atoms with Gasteiger partial charge in [-0.05, 0) is 31.4 Å². The Morgan fingerprint density at radius 1 is 1.46 bits per heavy atom. The van der Waals surface area contributed by atoms with E-state index < -0.39 is 0 Å². The van der Waals surface area contributed by atoms with Crippen LogP contribution in [-0.2, 0) is 16.0 Å². The monoisotopic (exact) mass is 449 g/mol. The Hall–Kier alpha value is -1.06. The predicted molar refractivity (Wildman–Crippen MR) is 106 cm³/mol. The highest BCUT2D eigenvalue weighted by Crippen LogP contribution is 2.23. The first kappa shape index (κ1) is 21.0. The van der Waals surface area contributed by atoms with E-state index in [4.69, 9.17) is 19.9 Å². The van der Waals surface area contributed by atoms with Crippen molar-refractivity contribution in [2.45, 2.75) is 32.4 Å². The number of aryl methyl sites for hydroxylation is 1. The molecule has 0 aromatic heterocycles. The minimum atomic E-state index is 0. The van der Waals surface area contributed by atoms with Crippen molar-refractivity contribution in [1.29, 1.82) is 0 Å². The van der Waals surface area contributed by atoms with Crippen molar-refractivity contribution in [2.24, 2.45) is 10.7 Å². The molecule has 2 rings (SSSR count). The van der Waals surface area contributed by atoms with Crippen LogP contribution in [-0.4, -0.2) is 45.5 Å². The van der Waals surface area contributed by atoms with Gasteiger partial charge in [-0.2, -0.15) is 0 Å². The average Bonchev–Trinajstić information content (AvgIpc) is 3.05. The Bertz CT molecular complexity index is 520. The molecule has 0 aliphatic carbocycles. The summed E-state index contributed by atoms with van der Waals surface area (Å²) >= 11 is 0. The highest BCUT2D eigenvalue weighted by Gasteiger charge is 2.16. The highest BCUT2D eigenvalue weighted by molar-refractivity contribution is 14.0. The fraction of sp³-hybridized carbons (Fsp3) is 0.588. The number of hydrogen-bond donors (Lipinski definition) is 2. The minimum Gasteiger partial charge on any atom is -0.491 e. The molecule has 0 amide bonds. The van der Waals surface area contributed by atoms with E-state index >= 15 is 0 Å². The first-order valence-corrected chi connectivity index (χ1v) is 8.05. The maximum absolute atomic E-state index is 5.96. The maximum atomic E-state index is 5.96. The first-order valence-electron chi connectivity index (χ1n) is 8.05. The van der Waals surface area contributed by atoms with Gasteiger partial charge < -0.3 is 25.3 Å². The van der Waals surface area contributed by atoms with Crippen molar-refractivity contribution in [2.75, 3.05) is 33.5 Å². The second-order valence-electron chi connectivity index (χ2n) is 5.68. The Morgan fingerprint density at radius 2 is 2.29 bits per heavy atom. The fourth-order valence-corrected chi connectivity index (χ4v) is 2.39. The van der Waals surface area contributed by atoms with Crippen LogP contribution in [0.25, 0.3) is 0 Å². The lowest BCUT2D eigenvalue weighted by atomic mass is 10.1. The fourth-order valence-electron chi connectivity index (χ4n) is 2.39. The maximum Gasteiger partial charge on any atom is 0.189 e. The molecule has 0 radical (unpaired) electrons. The van der Waals surface area contributed by atoms with Crippen LogP contribution in [0.5, 0.6) is 5.75 Å². The summed E-state index contributed by atoms with van der Waals surface area (Å²) in [7, 11) is 1.65. The molecule has 1 aromatic carbocycles. The van der Waals surface area contributed by atoms with Gasteiger partial charge in [-0.1, -0.05) is 12.1 Å². The van der Waals surface area contributed by atoms with Crippen molar-refractivity contribution < 1.29 is 14.2 Å². The number of ether oxygens (including phenoxy) is 3.